The Balaban J connectivity index is 1.02. The average molecular weight is 1510 g/mol. The molecule has 4 aliphatic rings. The van der Waals surface area contributed by atoms with E-state index in [1.807, 2.05) is 10.6 Å². The number of halogens is 14. The van der Waals surface area contributed by atoms with Gasteiger partial charge in [-0.05, 0) is 118 Å². The van der Waals surface area contributed by atoms with Crippen molar-refractivity contribution >= 4 is 64.7 Å². The second kappa shape index (κ2) is 28.1. The van der Waals surface area contributed by atoms with Gasteiger partial charge >= 0.3 is 24.9 Å². The largest absolute Gasteiger partial charge is 0.447 e. The Morgan fingerprint density at radius 1 is 0.790 bits per heavy atom. The number of carbonyl (C=O) groups is 4. The number of aromatic nitrogens is 12. The summed E-state index contributed by atoms with van der Waals surface area (Å²) < 4.78 is 188. The maximum atomic E-state index is 16.2. The second-order valence-electron chi connectivity index (χ2n) is 25.7. The number of guanidine groups is 2. The molecule has 3 aliphatic heterocycles. The van der Waals surface area contributed by atoms with Crippen molar-refractivity contribution in [2.24, 2.45) is 5.41 Å². The Kier molecular flexibility index (Phi) is 20.0. The number of tetrazole rings is 1. The van der Waals surface area contributed by atoms with Crippen LogP contribution in [0.15, 0.2) is 110 Å². The van der Waals surface area contributed by atoms with E-state index in [0.717, 1.165) is 72.0 Å². The number of hydrogen-bond donors (Lipinski definition) is 5. The zero-order valence-electron chi connectivity index (χ0n) is 55.3. The van der Waals surface area contributed by atoms with Gasteiger partial charge in [-0.3, -0.25) is 35.1 Å². The molecule has 0 radical (unpaired) electrons. The summed E-state index contributed by atoms with van der Waals surface area (Å²) in [4.78, 5) is 68.2. The number of alkyl halides is 11. The molecule has 4 aromatic heterocycles. The van der Waals surface area contributed by atoms with Crippen molar-refractivity contribution in [1.29, 1.82) is 10.8 Å². The molecular formula is C65H56Cl2F12N20O6. The number of benzene rings is 3. The van der Waals surface area contributed by atoms with Crippen LogP contribution in [0.2, 0.25) is 10.0 Å². The molecule has 7 heterocycles. The lowest BCUT2D eigenvalue weighted by Gasteiger charge is -2.29. The van der Waals surface area contributed by atoms with Crippen molar-refractivity contribution < 1.29 is 81.3 Å². The lowest BCUT2D eigenvalue weighted by Crippen LogP contribution is -2.48. The first-order valence-corrected chi connectivity index (χ1v) is 31.8. The van der Waals surface area contributed by atoms with E-state index in [2.05, 4.69) is 76.4 Å². The molecule has 4 amide bonds. The number of ether oxygens (including phenoxy) is 2. The summed E-state index contributed by atoms with van der Waals surface area (Å²) in [7, 11) is 0. The van der Waals surface area contributed by atoms with Crippen LogP contribution in [0.4, 0.5) is 62.3 Å². The highest BCUT2D eigenvalue weighted by Gasteiger charge is 2.65. The van der Waals surface area contributed by atoms with Gasteiger partial charge in [-0.2, -0.15) is 36.8 Å². The molecule has 3 aromatic carbocycles. The molecule has 1 unspecified atom stereocenters. The Labute approximate surface area is 596 Å². The molecule has 105 heavy (non-hydrogen) atoms. The van der Waals surface area contributed by atoms with Gasteiger partial charge in [0.05, 0.1) is 51.2 Å². The summed E-state index contributed by atoms with van der Waals surface area (Å²) in [5.74, 6) is 3.79. The van der Waals surface area contributed by atoms with Crippen molar-refractivity contribution in [3.05, 3.63) is 166 Å². The number of alkyl carbamates (subject to hydrolysis) is 2. The van der Waals surface area contributed by atoms with Crippen molar-refractivity contribution in [2.75, 3.05) is 13.2 Å². The molecule has 3 fully saturated rings. The summed E-state index contributed by atoms with van der Waals surface area (Å²) in [5.41, 5.74) is -12.4. The Hall–Kier alpha value is -11.3. The third kappa shape index (κ3) is 14.3. The molecule has 550 valence electrons. The molecule has 7 aromatic rings. The van der Waals surface area contributed by atoms with E-state index in [0.29, 0.717) is 19.2 Å². The summed E-state index contributed by atoms with van der Waals surface area (Å²) in [6.07, 6.45) is -11.5. The number of amides is 4. The van der Waals surface area contributed by atoms with E-state index in [1.165, 1.54) is 56.3 Å². The van der Waals surface area contributed by atoms with Crippen LogP contribution in [0.3, 0.4) is 0 Å². The summed E-state index contributed by atoms with van der Waals surface area (Å²) >= 11 is 13.4. The topological polar surface area (TPSA) is 303 Å². The van der Waals surface area contributed by atoms with Crippen molar-refractivity contribution in [2.45, 2.75) is 127 Å². The fourth-order valence-electron chi connectivity index (χ4n) is 11.2. The number of hydrogen-bond acceptors (Lipinski definition) is 16. The van der Waals surface area contributed by atoms with Crippen molar-refractivity contribution in [3.8, 4) is 40.7 Å². The molecule has 1 aliphatic carbocycles. The third-order valence-corrected chi connectivity index (χ3v) is 17.6. The van der Waals surface area contributed by atoms with E-state index in [1.54, 1.807) is 20.8 Å². The summed E-state index contributed by atoms with van der Waals surface area (Å²) in [6.45, 7) is 7.42. The maximum absolute atomic E-state index is 16.2. The number of fused-ring (bicyclic) bond motifs is 1. The second-order valence-corrected chi connectivity index (χ2v) is 26.5. The van der Waals surface area contributed by atoms with Gasteiger partial charge in [0.2, 0.25) is 23.0 Å². The monoisotopic (exact) mass is 1510 g/mol. The number of nitrogens with zero attached hydrogens (tertiary/aromatic N) is 15. The minimum absolute atomic E-state index is 0.0247. The Morgan fingerprint density at radius 3 is 2.00 bits per heavy atom. The van der Waals surface area contributed by atoms with Gasteiger partial charge in [-0.1, -0.05) is 83.8 Å². The zero-order chi connectivity index (χ0) is 76.4. The van der Waals surface area contributed by atoms with Crippen LogP contribution in [0.1, 0.15) is 126 Å². The van der Waals surface area contributed by atoms with Crippen LogP contribution in [-0.4, -0.2) is 153 Å². The summed E-state index contributed by atoms with van der Waals surface area (Å²) in [6, 6.07) is 4.86. The number of nitrogens with one attached hydrogen (secondary N) is 5. The van der Waals surface area contributed by atoms with Gasteiger partial charge in [0.1, 0.15) is 42.9 Å². The first-order valence-electron chi connectivity index (χ1n) is 31.0. The molecule has 0 spiro atoms. The fraction of sp³-hybridized carbons (Fsp3) is 0.354. The highest BCUT2D eigenvalue weighted by Crippen LogP contribution is 2.50. The first kappa shape index (κ1) is 74.9. The molecule has 2 saturated heterocycles. The average Bonchev–Trinajstić information content (AvgIpc) is 1.57. The van der Waals surface area contributed by atoms with E-state index in [-0.39, 0.29) is 59.5 Å². The molecular weight excluding hydrogens is 1460 g/mol. The van der Waals surface area contributed by atoms with Crippen LogP contribution in [-0.2, 0) is 30.0 Å². The standard InChI is InChI=1S/C65H56Cl2F12N20O6/c1-32-8-9-36(37-25-84-94(27-37)55(75)76)26-93-57(81)97(46(29-104-58(102)86-33(2)47(69)70)35-11-13-39(66)43(22-35)98-50(48(71)72)82-30-85-98)54(101)64(32,93)21-17-61(6,7)52-87-51(49(73)74)99(90-52)44-23-34(10-14-40(44)67)45(28-105-59(103)89-62(18-19-62)65(77,78)79)96-53(100)63(88-56(96)80,20-16-60(3,4)5)38-12-15-42(41(68)24-38)95-31-83-91-92-95/h8-15,22-27,30-31,33,45-49,55,81H,1,18-19,28-29H2,2-7H3,(H2,80,88)(H,86,102)(H,89,103)/t33-,45+,46?,63+,64+/m0/s1. The number of allylic oxidation sites excluding steroid dienone is 2. The predicted octanol–water partition coefficient (Wildman–Crippen LogP) is 11.3. The first-order chi connectivity index (χ1) is 49.3. The van der Waals surface area contributed by atoms with Crippen LogP contribution < -0.4 is 16.0 Å². The van der Waals surface area contributed by atoms with Crippen molar-refractivity contribution in [1.82, 2.24) is 90.2 Å². The highest BCUT2D eigenvalue weighted by atomic mass is 35.5. The summed E-state index contributed by atoms with van der Waals surface area (Å²) in [5, 5.41) is 47.8. The number of rotatable bonds is 20. The van der Waals surface area contributed by atoms with E-state index >= 15 is 22.8 Å². The minimum Gasteiger partial charge on any atom is -0.447 e. The molecule has 1 saturated carbocycles. The van der Waals surface area contributed by atoms with E-state index < -0.39 is 169 Å². The van der Waals surface area contributed by atoms with Crippen LogP contribution in [0, 0.1) is 45.7 Å². The molecule has 5 atom stereocenters. The van der Waals surface area contributed by atoms with Crippen molar-refractivity contribution in [3.63, 3.8) is 0 Å². The third-order valence-electron chi connectivity index (χ3n) is 17.0. The SMILES string of the molecule is C=C1C=CC(c2cnn(C(F)F)c2)=CN2C(=N)N(C(COC(=O)N[C@@H](C)C(F)F)c3ccc(Cl)c(-n4ncnc4C(F)F)c3)C(=O)[C@@]12C#CC(C)(C)c1nc(C(F)F)n(-c2cc([C@@H](COC(=O)NC3(C(F)(F)F)CC3)N3C(=N)N[C@](C#CC(C)(C)C)(c4ccc(-n5cnnn5)c(F)c4)C3=O)ccc2Cl)n1. The highest BCUT2D eigenvalue weighted by molar-refractivity contribution is 6.32. The van der Waals surface area contributed by atoms with Crippen LogP contribution >= 0.6 is 23.2 Å². The maximum Gasteiger partial charge on any atom is 0.411 e. The fourth-order valence-corrected chi connectivity index (χ4v) is 11.6. The van der Waals surface area contributed by atoms with Gasteiger partial charge < -0.3 is 25.4 Å². The van der Waals surface area contributed by atoms with E-state index in [4.69, 9.17) is 32.7 Å². The van der Waals surface area contributed by atoms with Gasteiger partial charge in [0.25, 0.3) is 31.1 Å². The predicted molar refractivity (Wildman–Crippen MR) is 346 cm³/mol. The molecule has 11 rings (SSSR count). The van der Waals surface area contributed by atoms with Crippen LogP contribution in [0.5, 0.6) is 0 Å². The van der Waals surface area contributed by atoms with Gasteiger partial charge in [-0.15, -0.1) is 10.2 Å². The normalized spacial score (nSPS) is 18.9. The molecule has 5 N–H and O–H groups in total. The van der Waals surface area contributed by atoms with Gasteiger partial charge in [-0.25, -0.2) is 64.3 Å². The zero-order valence-corrected chi connectivity index (χ0v) is 56.8. The van der Waals surface area contributed by atoms with E-state index in [9.17, 15) is 59.9 Å². The van der Waals surface area contributed by atoms with Gasteiger partial charge in [0.15, 0.2) is 17.5 Å². The minimum atomic E-state index is -4.94. The quantitative estimate of drug-likeness (QED) is 0.0350. The smallest absolute Gasteiger partial charge is 0.411 e. The Morgan fingerprint density at radius 2 is 1.43 bits per heavy atom. The lowest BCUT2D eigenvalue weighted by molar-refractivity contribution is -0.164. The molecule has 40 heteroatoms. The molecule has 0 bridgehead atoms. The number of carbonyl (C=O) groups excluding carboxylic acids is 4. The van der Waals surface area contributed by atoms with Gasteiger partial charge in [0, 0.05) is 34.5 Å². The Bertz CT molecular complexity index is 4850. The van der Waals surface area contributed by atoms with Crippen LogP contribution in [0.25, 0.3) is 22.6 Å². The lowest BCUT2D eigenvalue weighted by atomic mass is 9.85. The molecule has 26 nitrogen and oxygen atoms in total.